The molecule has 154 valence electrons. The first-order chi connectivity index (χ1) is 13.6. The van der Waals surface area contributed by atoms with E-state index in [1.54, 1.807) is 14.2 Å². The molecule has 1 saturated heterocycles. The van der Waals surface area contributed by atoms with Gasteiger partial charge < -0.3 is 19.3 Å². The first-order valence-corrected chi connectivity index (χ1v) is 10.3. The third-order valence-electron chi connectivity index (χ3n) is 5.55. The number of nitrogens with zero attached hydrogens (tertiary/aromatic N) is 4. The van der Waals surface area contributed by atoms with E-state index in [0.717, 1.165) is 43.1 Å². The Bertz CT molecular complexity index is 724. The van der Waals surface area contributed by atoms with Crippen molar-refractivity contribution in [3.8, 4) is 5.88 Å². The third-order valence-corrected chi connectivity index (χ3v) is 5.55. The zero-order valence-corrected chi connectivity index (χ0v) is 17.7. The van der Waals surface area contributed by atoms with E-state index >= 15 is 0 Å². The van der Waals surface area contributed by atoms with Crippen LogP contribution in [0.5, 0.6) is 5.88 Å². The minimum absolute atomic E-state index is 0.201. The van der Waals surface area contributed by atoms with Gasteiger partial charge in [0.2, 0.25) is 11.8 Å². The Kier molecular flexibility index (Phi) is 6.78. The molecule has 28 heavy (non-hydrogen) atoms. The lowest BCUT2D eigenvalue weighted by atomic mass is 10.1. The number of methoxy groups -OCH3 is 2. The fourth-order valence-electron chi connectivity index (χ4n) is 3.87. The Morgan fingerprint density at radius 1 is 1.14 bits per heavy atom. The molecule has 1 aromatic rings. The predicted molar refractivity (Wildman–Crippen MR) is 114 cm³/mol. The van der Waals surface area contributed by atoms with Crippen molar-refractivity contribution in [3.63, 3.8) is 0 Å². The van der Waals surface area contributed by atoms with Crippen molar-refractivity contribution in [2.45, 2.75) is 58.7 Å². The molecule has 0 bridgehead atoms. The van der Waals surface area contributed by atoms with Gasteiger partial charge in [0.15, 0.2) is 6.17 Å². The molecule has 0 saturated carbocycles. The van der Waals surface area contributed by atoms with Crippen LogP contribution < -0.4 is 19.9 Å². The van der Waals surface area contributed by atoms with E-state index in [-0.39, 0.29) is 6.17 Å². The molecule has 0 spiro atoms. The lowest BCUT2D eigenvalue weighted by molar-refractivity contribution is 0.345. The summed E-state index contributed by atoms with van der Waals surface area (Å²) in [6.45, 7) is 8.53. The van der Waals surface area contributed by atoms with Crippen molar-refractivity contribution < 1.29 is 9.47 Å². The van der Waals surface area contributed by atoms with Crippen molar-refractivity contribution in [1.29, 1.82) is 0 Å². The number of aliphatic imine (C=N–C) groups is 1. The topological polar surface area (TPSA) is 62.2 Å². The van der Waals surface area contributed by atoms with Gasteiger partial charge in [-0.25, -0.2) is 4.99 Å². The van der Waals surface area contributed by atoms with Gasteiger partial charge in [0.05, 0.1) is 14.2 Å². The van der Waals surface area contributed by atoms with Gasteiger partial charge in [0.25, 0.3) is 0 Å². The molecule has 0 aliphatic carbocycles. The minimum Gasteiger partial charge on any atom is -0.482 e. The number of ether oxygens (including phenoxy) is 2. The molecule has 1 fully saturated rings. The standard InChI is InChI=1S/C21H33N5O2/c1-6-16(7-2)23-19-21(28-5)22-14-15(3)26(19)17-10-11-18(24-20(17)27-4)25-12-8-9-13-25/h10-11,14,16,19,23H,6-9,12-13H2,1-5H3. The second kappa shape index (κ2) is 9.28. The largest absolute Gasteiger partial charge is 0.482 e. The normalized spacial score (nSPS) is 19.7. The molecule has 1 unspecified atom stereocenters. The van der Waals surface area contributed by atoms with Crippen LogP contribution in [0.2, 0.25) is 0 Å². The molecule has 0 radical (unpaired) electrons. The lowest BCUT2D eigenvalue weighted by Gasteiger charge is -2.38. The van der Waals surface area contributed by atoms with E-state index in [0.29, 0.717) is 17.8 Å². The SMILES string of the molecule is CCC(CC)NC1C(OC)=NC=C(C)N1c1ccc(N2CCCC2)nc1OC. The molecule has 1 atom stereocenters. The maximum absolute atomic E-state index is 5.71. The Balaban J connectivity index is 1.97. The summed E-state index contributed by atoms with van der Waals surface area (Å²) in [5, 5.41) is 3.69. The van der Waals surface area contributed by atoms with Gasteiger partial charge in [-0.15, -0.1) is 0 Å². The summed E-state index contributed by atoms with van der Waals surface area (Å²) in [5.41, 5.74) is 1.92. The van der Waals surface area contributed by atoms with Crippen LogP contribution in [0.4, 0.5) is 11.5 Å². The molecule has 7 nitrogen and oxygen atoms in total. The van der Waals surface area contributed by atoms with Crippen LogP contribution in [-0.4, -0.2) is 50.4 Å². The summed E-state index contributed by atoms with van der Waals surface area (Å²) >= 11 is 0. The molecule has 1 N–H and O–H groups in total. The van der Waals surface area contributed by atoms with E-state index in [1.165, 1.54) is 12.8 Å². The van der Waals surface area contributed by atoms with Crippen molar-refractivity contribution in [3.05, 3.63) is 24.0 Å². The average Bonchev–Trinajstić information content (AvgIpc) is 3.26. The summed E-state index contributed by atoms with van der Waals surface area (Å²) in [6, 6.07) is 4.54. The first-order valence-electron chi connectivity index (χ1n) is 10.3. The van der Waals surface area contributed by atoms with Crippen LogP contribution in [-0.2, 0) is 4.74 Å². The van der Waals surface area contributed by atoms with E-state index in [4.69, 9.17) is 14.5 Å². The van der Waals surface area contributed by atoms with Crippen molar-refractivity contribution >= 4 is 17.4 Å². The number of hydrogen-bond acceptors (Lipinski definition) is 7. The zero-order valence-electron chi connectivity index (χ0n) is 17.7. The smallest absolute Gasteiger partial charge is 0.239 e. The Hall–Kier alpha value is -2.28. The highest BCUT2D eigenvalue weighted by Crippen LogP contribution is 2.35. The number of allylic oxidation sites excluding steroid dienone is 1. The fraction of sp³-hybridized carbons (Fsp3) is 0.619. The number of hydrogen-bond donors (Lipinski definition) is 1. The molecule has 0 amide bonds. The van der Waals surface area contributed by atoms with Crippen LogP contribution >= 0.6 is 0 Å². The monoisotopic (exact) mass is 387 g/mol. The van der Waals surface area contributed by atoms with Gasteiger partial charge in [0.1, 0.15) is 11.5 Å². The van der Waals surface area contributed by atoms with Crippen LogP contribution in [0.15, 0.2) is 29.0 Å². The summed E-state index contributed by atoms with van der Waals surface area (Å²) in [7, 11) is 3.34. The van der Waals surface area contributed by atoms with Crippen molar-refractivity contribution in [1.82, 2.24) is 10.3 Å². The second-order valence-electron chi connectivity index (χ2n) is 7.29. The highest BCUT2D eigenvalue weighted by Gasteiger charge is 2.33. The van der Waals surface area contributed by atoms with Gasteiger partial charge in [-0.3, -0.25) is 5.32 Å². The second-order valence-corrected chi connectivity index (χ2v) is 7.29. The maximum atomic E-state index is 5.71. The van der Waals surface area contributed by atoms with Gasteiger partial charge in [0, 0.05) is 31.0 Å². The predicted octanol–water partition coefficient (Wildman–Crippen LogP) is 3.52. The number of rotatable bonds is 7. The quantitative estimate of drug-likeness (QED) is 0.772. The molecule has 0 aromatic carbocycles. The van der Waals surface area contributed by atoms with Gasteiger partial charge in [-0.1, -0.05) is 13.8 Å². The zero-order chi connectivity index (χ0) is 20.1. The summed E-state index contributed by atoms with van der Waals surface area (Å²) in [6.07, 6.45) is 6.13. The molecule has 2 aliphatic rings. The molecule has 3 heterocycles. The fourth-order valence-corrected chi connectivity index (χ4v) is 3.87. The van der Waals surface area contributed by atoms with E-state index in [1.807, 2.05) is 13.1 Å². The van der Waals surface area contributed by atoms with Crippen LogP contribution in [0.1, 0.15) is 46.5 Å². The van der Waals surface area contributed by atoms with Gasteiger partial charge in [-0.2, -0.15) is 4.98 Å². The molecule has 2 aliphatic heterocycles. The Labute approximate surface area is 168 Å². The number of aromatic nitrogens is 1. The van der Waals surface area contributed by atoms with Gasteiger partial charge >= 0.3 is 0 Å². The van der Waals surface area contributed by atoms with Crippen molar-refractivity contribution in [2.75, 3.05) is 37.1 Å². The van der Waals surface area contributed by atoms with Crippen LogP contribution in [0.25, 0.3) is 0 Å². The summed E-state index contributed by atoms with van der Waals surface area (Å²) in [5.74, 6) is 2.23. The number of pyridine rings is 1. The Morgan fingerprint density at radius 3 is 2.46 bits per heavy atom. The minimum atomic E-state index is -0.201. The Morgan fingerprint density at radius 2 is 1.86 bits per heavy atom. The highest BCUT2D eigenvalue weighted by atomic mass is 16.5. The van der Waals surface area contributed by atoms with E-state index < -0.39 is 0 Å². The highest BCUT2D eigenvalue weighted by molar-refractivity contribution is 5.88. The van der Waals surface area contributed by atoms with Crippen LogP contribution in [0, 0.1) is 0 Å². The van der Waals surface area contributed by atoms with Crippen molar-refractivity contribution in [2.24, 2.45) is 4.99 Å². The van der Waals surface area contributed by atoms with E-state index in [2.05, 4.69) is 46.1 Å². The number of anilines is 2. The molecule has 7 heteroatoms. The lowest BCUT2D eigenvalue weighted by Crippen LogP contribution is -2.55. The van der Waals surface area contributed by atoms with Gasteiger partial charge in [-0.05, 0) is 44.7 Å². The molecule has 3 rings (SSSR count). The summed E-state index contributed by atoms with van der Waals surface area (Å²) in [4.78, 5) is 13.8. The summed E-state index contributed by atoms with van der Waals surface area (Å²) < 4.78 is 11.3. The molecular formula is C21H33N5O2. The molecular weight excluding hydrogens is 354 g/mol. The number of nitrogens with one attached hydrogen (secondary N) is 1. The third kappa shape index (κ3) is 4.09. The van der Waals surface area contributed by atoms with Crippen LogP contribution in [0.3, 0.4) is 0 Å². The maximum Gasteiger partial charge on any atom is 0.239 e. The average molecular weight is 388 g/mol. The first kappa shape index (κ1) is 20.5. The van der Waals surface area contributed by atoms with E-state index in [9.17, 15) is 0 Å². The molecule has 1 aromatic heterocycles.